The summed E-state index contributed by atoms with van der Waals surface area (Å²) in [6, 6.07) is -0.699. The van der Waals surface area contributed by atoms with Crippen LogP contribution in [0.25, 0.3) is 0 Å². The van der Waals surface area contributed by atoms with Gasteiger partial charge in [-0.1, -0.05) is 6.08 Å². The van der Waals surface area contributed by atoms with Gasteiger partial charge in [0.2, 0.25) is 5.91 Å². The van der Waals surface area contributed by atoms with Crippen LogP contribution in [-0.2, 0) is 9.59 Å². The van der Waals surface area contributed by atoms with Gasteiger partial charge in [-0.15, -0.1) is 0 Å². The van der Waals surface area contributed by atoms with Gasteiger partial charge in [-0.25, -0.2) is 0 Å². The van der Waals surface area contributed by atoms with Gasteiger partial charge in [-0.05, 0) is 26.2 Å². The highest BCUT2D eigenvalue weighted by atomic mass is 16.4. The third-order valence-electron chi connectivity index (χ3n) is 2.75. The lowest BCUT2D eigenvalue weighted by Crippen LogP contribution is -2.41. The Balaban J connectivity index is 2.37. The molecular formula is C11H18N2O3. The van der Waals surface area contributed by atoms with Crippen molar-refractivity contribution in [2.45, 2.75) is 32.2 Å². The molecule has 2 N–H and O–H groups in total. The molecular weight excluding hydrogens is 208 g/mol. The van der Waals surface area contributed by atoms with Crippen LogP contribution < -0.4 is 5.32 Å². The van der Waals surface area contributed by atoms with E-state index in [1.807, 2.05) is 0 Å². The number of carboxylic acids is 1. The molecule has 0 heterocycles. The van der Waals surface area contributed by atoms with E-state index in [-0.39, 0.29) is 12.5 Å². The Hall–Kier alpha value is -1.36. The highest BCUT2D eigenvalue weighted by molar-refractivity contribution is 5.81. The first-order valence-corrected chi connectivity index (χ1v) is 5.44. The lowest BCUT2D eigenvalue weighted by molar-refractivity contribution is -0.139. The molecule has 5 heteroatoms. The van der Waals surface area contributed by atoms with E-state index in [2.05, 4.69) is 11.4 Å². The minimum Gasteiger partial charge on any atom is -0.480 e. The number of carbonyl (C=O) groups excluding carboxylic acids is 1. The zero-order chi connectivity index (χ0) is 12.1. The molecule has 1 aliphatic carbocycles. The number of nitrogens with zero attached hydrogens (tertiary/aromatic N) is 1. The summed E-state index contributed by atoms with van der Waals surface area (Å²) < 4.78 is 0. The molecule has 90 valence electrons. The normalized spacial score (nSPS) is 16.8. The molecule has 0 bridgehead atoms. The van der Waals surface area contributed by atoms with Gasteiger partial charge in [0.1, 0.15) is 6.04 Å². The average molecular weight is 226 g/mol. The summed E-state index contributed by atoms with van der Waals surface area (Å²) in [5, 5.41) is 11.3. The van der Waals surface area contributed by atoms with Gasteiger partial charge < -0.3 is 10.0 Å². The maximum absolute atomic E-state index is 11.7. The van der Waals surface area contributed by atoms with Gasteiger partial charge in [0.25, 0.3) is 0 Å². The largest absolute Gasteiger partial charge is 0.480 e. The number of aliphatic carboxylic acids is 1. The summed E-state index contributed by atoms with van der Waals surface area (Å²) in [6.07, 6.45) is 5.09. The van der Waals surface area contributed by atoms with Gasteiger partial charge in [0, 0.05) is 12.7 Å². The van der Waals surface area contributed by atoms with E-state index in [4.69, 9.17) is 5.11 Å². The minimum atomic E-state index is -0.949. The van der Waals surface area contributed by atoms with E-state index in [1.54, 1.807) is 11.9 Å². The Bertz CT molecular complexity index is 312. The van der Waals surface area contributed by atoms with Gasteiger partial charge in [-0.3, -0.25) is 14.9 Å². The van der Waals surface area contributed by atoms with Crippen LogP contribution in [0.4, 0.5) is 0 Å². The molecule has 0 radical (unpaired) electrons. The molecule has 16 heavy (non-hydrogen) atoms. The summed E-state index contributed by atoms with van der Waals surface area (Å²) in [5.41, 5.74) is 1.04. The molecule has 0 unspecified atom stereocenters. The number of rotatable bonds is 5. The van der Waals surface area contributed by atoms with Crippen molar-refractivity contribution in [2.75, 3.05) is 13.6 Å². The second-order valence-corrected chi connectivity index (χ2v) is 3.98. The maximum Gasteiger partial charge on any atom is 0.320 e. The van der Waals surface area contributed by atoms with Crippen LogP contribution >= 0.6 is 0 Å². The fraction of sp³-hybridized carbons (Fsp3) is 0.636. The molecule has 1 amide bonds. The van der Waals surface area contributed by atoms with Crippen molar-refractivity contribution in [1.29, 1.82) is 0 Å². The predicted molar refractivity (Wildman–Crippen MR) is 59.8 cm³/mol. The number of hydrogen-bond acceptors (Lipinski definition) is 3. The Morgan fingerprint density at radius 1 is 1.62 bits per heavy atom. The lowest BCUT2D eigenvalue weighted by Gasteiger charge is -2.19. The number of hydrogen-bond donors (Lipinski definition) is 2. The lowest BCUT2D eigenvalue weighted by atomic mass is 10.3. The Morgan fingerprint density at radius 3 is 2.81 bits per heavy atom. The molecule has 1 rings (SSSR count). The van der Waals surface area contributed by atoms with Gasteiger partial charge in [0.05, 0.1) is 6.54 Å². The topological polar surface area (TPSA) is 69.6 Å². The number of carbonyl (C=O) groups is 2. The van der Waals surface area contributed by atoms with Crippen molar-refractivity contribution in [3.63, 3.8) is 0 Å². The van der Waals surface area contributed by atoms with Crippen LogP contribution in [0.15, 0.2) is 11.8 Å². The molecule has 1 atom stereocenters. The molecule has 1 aliphatic rings. The SMILES string of the molecule is C[C@@H](NCC(=O)N(C)C1=CCCC1)C(=O)O. The van der Waals surface area contributed by atoms with E-state index in [0.717, 1.165) is 25.0 Å². The van der Waals surface area contributed by atoms with Crippen molar-refractivity contribution in [3.8, 4) is 0 Å². The van der Waals surface area contributed by atoms with Crippen molar-refractivity contribution < 1.29 is 14.7 Å². The summed E-state index contributed by atoms with van der Waals surface area (Å²) in [7, 11) is 1.73. The first-order valence-electron chi connectivity index (χ1n) is 5.44. The molecule has 0 aliphatic heterocycles. The van der Waals surface area contributed by atoms with Crippen LogP contribution in [-0.4, -0.2) is 41.5 Å². The van der Waals surface area contributed by atoms with Crippen molar-refractivity contribution in [3.05, 3.63) is 11.8 Å². The molecule has 0 aromatic heterocycles. The second-order valence-electron chi connectivity index (χ2n) is 3.98. The number of likely N-dealkylation sites (N-methyl/N-ethyl adjacent to an activating group) is 1. The zero-order valence-electron chi connectivity index (χ0n) is 9.69. The molecule has 0 aromatic rings. The number of amides is 1. The summed E-state index contributed by atoms with van der Waals surface area (Å²) in [6.45, 7) is 1.58. The van der Waals surface area contributed by atoms with Crippen LogP contribution in [0.5, 0.6) is 0 Å². The Morgan fingerprint density at radius 2 is 2.31 bits per heavy atom. The quantitative estimate of drug-likeness (QED) is 0.719. The monoisotopic (exact) mass is 226 g/mol. The van der Waals surface area contributed by atoms with E-state index < -0.39 is 12.0 Å². The fourth-order valence-corrected chi connectivity index (χ4v) is 1.57. The number of carboxylic acid groups (broad SMARTS) is 1. The first-order chi connectivity index (χ1) is 7.52. The molecule has 0 aromatic carbocycles. The minimum absolute atomic E-state index is 0.0569. The first kappa shape index (κ1) is 12.7. The summed E-state index contributed by atoms with van der Waals surface area (Å²) in [5.74, 6) is -1.04. The molecule has 0 fully saturated rings. The summed E-state index contributed by atoms with van der Waals surface area (Å²) in [4.78, 5) is 23.8. The Kier molecular flexibility index (Phi) is 4.49. The highest BCUT2D eigenvalue weighted by Gasteiger charge is 2.17. The average Bonchev–Trinajstić information content (AvgIpc) is 2.77. The van der Waals surface area contributed by atoms with E-state index in [9.17, 15) is 9.59 Å². The molecule has 0 spiro atoms. The van der Waals surface area contributed by atoms with Gasteiger partial charge >= 0.3 is 5.97 Å². The van der Waals surface area contributed by atoms with Crippen molar-refractivity contribution >= 4 is 11.9 Å². The van der Waals surface area contributed by atoms with Gasteiger partial charge in [-0.2, -0.15) is 0 Å². The second kappa shape index (κ2) is 5.65. The zero-order valence-corrected chi connectivity index (χ0v) is 9.69. The standard InChI is InChI=1S/C11H18N2O3/c1-8(11(15)16)12-7-10(14)13(2)9-5-3-4-6-9/h5,8,12H,3-4,6-7H2,1-2H3,(H,15,16)/t8-/m1/s1. The van der Waals surface area contributed by atoms with Crippen LogP contribution in [0.3, 0.4) is 0 Å². The molecule has 0 saturated heterocycles. The maximum atomic E-state index is 11.7. The smallest absolute Gasteiger partial charge is 0.320 e. The fourth-order valence-electron chi connectivity index (χ4n) is 1.57. The van der Waals surface area contributed by atoms with E-state index in [0.29, 0.717) is 0 Å². The number of allylic oxidation sites excluding steroid dienone is 2. The Labute approximate surface area is 95.1 Å². The number of nitrogens with one attached hydrogen (secondary N) is 1. The van der Waals surface area contributed by atoms with E-state index >= 15 is 0 Å². The van der Waals surface area contributed by atoms with Crippen molar-refractivity contribution in [1.82, 2.24) is 10.2 Å². The van der Waals surface area contributed by atoms with Crippen LogP contribution in [0.2, 0.25) is 0 Å². The van der Waals surface area contributed by atoms with E-state index in [1.165, 1.54) is 6.92 Å². The third-order valence-corrected chi connectivity index (χ3v) is 2.75. The molecule has 5 nitrogen and oxygen atoms in total. The van der Waals surface area contributed by atoms with Crippen molar-refractivity contribution in [2.24, 2.45) is 0 Å². The predicted octanol–water partition coefficient (Wildman–Crippen LogP) is 0.575. The molecule has 0 saturated carbocycles. The summed E-state index contributed by atoms with van der Waals surface area (Å²) >= 11 is 0. The highest BCUT2D eigenvalue weighted by Crippen LogP contribution is 2.19. The van der Waals surface area contributed by atoms with Crippen LogP contribution in [0.1, 0.15) is 26.2 Å². The van der Waals surface area contributed by atoms with Gasteiger partial charge in [0.15, 0.2) is 0 Å². The third kappa shape index (κ3) is 3.34. The van der Waals surface area contributed by atoms with Crippen LogP contribution in [0, 0.1) is 0 Å².